The highest BCUT2D eigenvalue weighted by atomic mass is 16.5. The molecule has 3 heteroatoms. The SMILES string of the molecule is CCCCCCC(=O)CCCCCCCCC=CC(=O)OC. The molecule has 0 aromatic heterocycles. The van der Waals surface area contributed by atoms with E-state index in [9.17, 15) is 9.59 Å². The highest BCUT2D eigenvalue weighted by Gasteiger charge is 2.01. The van der Waals surface area contributed by atoms with Gasteiger partial charge in [0, 0.05) is 18.9 Å². The summed E-state index contributed by atoms with van der Waals surface area (Å²) < 4.78 is 4.52. The first-order chi connectivity index (χ1) is 10.7. The lowest BCUT2D eigenvalue weighted by atomic mass is 10.0. The number of ketones is 1. The number of methoxy groups -OCH3 is 1. The maximum Gasteiger partial charge on any atom is 0.330 e. The number of hydrogen-bond acceptors (Lipinski definition) is 3. The van der Waals surface area contributed by atoms with Gasteiger partial charge in [-0.1, -0.05) is 57.9 Å². The Balaban J connectivity index is 3.24. The summed E-state index contributed by atoms with van der Waals surface area (Å²) in [7, 11) is 1.39. The zero-order chi connectivity index (χ0) is 16.5. The van der Waals surface area contributed by atoms with Gasteiger partial charge in [0.15, 0.2) is 0 Å². The number of Topliss-reactive ketones (excluding diaryl/α,β-unsaturated/α-hetero) is 1. The summed E-state index contributed by atoms with van der Waals surface area (Å²) in [4.78, 5) is 22.5. The van der Waals surface area contributed by atoms with E-state index in [4.69, 9.17) is 0 Å². The molecular weight excluding hydrogens is 276 g/mol. The van der Waals surface area contributed by atoms with Gasteiger partial charge in [0.25, 0.3) is 0 Å². The van der Waals surface area contributed by atoms with Gasteiger partial charge in [0.2, 0.25) is 0 Å². The van der Waals surface area contributed by atoms with Crippen molar-refractivity contribution in [1.29, 1.82) is 0 Å². The van der Waals surface area contributed by atoms with E-state index in [2.05, 4.69) is 11.7 Å². The van der Waals surface area contributed by atoms with Crippen molar-refractivity contribution in [2.24, 2.45) is 0 Å². The largest absolute Gasteiger partial charge is 0.466 e. The first kappa shape index (κ1) is 20.9. The van der Waals surface area contributed by atoms with E-state index in [1.54, 1.807) is 0 Å². The van der Waals surface area contributed by atoms with E-state index in [0.29, 0.717) is 5.78 Å². The normalized spacial score (nSPS) is 11.0. The molecule has 0 aliphatic rings. The molecule has 128 valence electrons. The maximum absolute atomic E-state index is 11.6. The lowest BCUT2D eigenvalue weighted by Gasteiger charge is -2.02. The molecule has 0 unspecified atom stereocenters. The molecule has 0 amide bonds. The number of unbranched alkanes of at least 4 members (excludes halogenated alkanes) is 9. The Kier molecular flexibility index (Phi) is 15.4. The molecule has 0 bridgehead atoms. The van der Waals surface area contributed by atoms with Gasteiger partial charge in [-0.25, -0.2) is 4.79 Å². The molecule has 0 saturated carbocycles. The summed E-state index contributed by atoms with van der Waals surface area (Å²) in [5, 5.41) is 0. The number of ether oxygens (including phenoxy) is 1. The highest BCUT2D eigenvalue weighted by molar-refractivity contribution is 5.81. The molecule has 0 fully saturated rings. The zero-order valence-electron chi connectivity index (χ0n) is 14.6. The van der Waals surface area contributed by atoms with E-state index in [0.717, 1.165) is 38.5 Å². The molecule has 0 aromatic carbocycles. The minimum atomic E-state index is -0.278. The first-order valence-electron chi connectivity index (χ1n) is 8.97. The van der Waals surface area contributed by atoms with Crippen molar-refractivity contribution in [2.45, 2.75) is 90.4 Å². The number of carbonyl (C=O) groups is 2. The Labute approximate surface area is 136 Å². The quantitative estimate of drug-likeness (QED) is 0.232. The fourth-order valence-electron chi connectivity index (χ4n) is 2.41. The molecule has 0 aromatic rings. The van der Waals surface area contributed by atoms with Gasteiger partial charge < -0.3 is 4.74 Å². The van der Waals surface area contributed by atoms with Crippen LogP contribution in [0.2, 0.25) is 0 Å². The van der Waals surface area contributed by atoms with Crippen LogP contribution < -0.4 is 0 Å². The molecule has 0 spiro atoms. The van der Waals surface area contributed by atoms with Gasteiger partial charge in [-0.2, -0.15) is 0 Å². The molecule has 3 nitrogen and oxygen atoms in total. The molecule has 0 aliphatic heterocycles. The molecule has 0 rings (SSSR count). The van der Waals surface area contributed by atoms with Crippen LogP contribution in [0.4, 0.5) is 0 Å². The first-order valence-corrected chi connectivity index (χ1v) is 8.97. The molecule has 0 atom stereocenters. The Morgan fingerprint density at radius 3 is 1.95 bits per heavy atom. The molecule has 0 saturated heterocycles. The number of hydrogen-bond donors (Lipinski definition) is 0. The Morgan fingerprint density at radius 1 is 0.818 bits per heavy atom. The van der Waals surface area contributed by atoms with Crippen LogP contribution in [0.15, 0.2) is 12.2 Å². The fourth-order valence-corrected chi connectivity index (χ4v) is 2.41. The van der Waals surface area contributed by atoms with Crippen LogP contribution in [-0.4, -0.2) is 18.9 Å². The van der Waals surface area contributed by atoms with Crippen LogP contribution in [0.1, 0.15) is 90.4 Å². The Bertz CT molecular complexity index is 308. The summed E-state index contributed by atoms with van der Waals surface area (Å²) >= 11 is 0. The van der Waals surface area contributed by atoms with Crippen molar-refractivity contribution < 1.29 is 14.3 Å². The molecule has 22 heavy (non-hydrogen) atoms. The summed E-state index contributed by atoms with van der Waals surface area (Å²) in [5.41, 5.74) is 0. The second-order valence-corrected chi connectivity index (χ2v) is 5.93. The zero-order valence-corrected chi connectivity index (χ0v) is 14.6. The highest BCUT2D eigenvalue weighted by Crippen LogP contribution is 2.11. The second-order valence-electron chi connectivity index (χ2n) is 5.93. The van der Waals surface area contributed by atoms with Gasteiger partial charge in [-0.05, 0) is 25.7 Å². The third kappa shape index (κ3) is 15.3. The van der Waals surface area contributed by atoms with Gasteiger partial charge >= 0.3 is 5.97 Å². The topological polar surface area (TPSA) is 43.4 Å². The monoisotopic (exact) mass is 310 g/mol. The number of carbonyl (C=O) groups excluding carboxylic acids is 2. The van der Waals surface area contributed by atoms with Gasteiger partial charge in [0.05, 0.1) is 7.11 Å². The van der Waals surface area contributed by atoms with E-state index in [1.807, 2.05) is 6.08 Å². The third-order valence-electron chi connectivity index (χ3n) is 3.84. The average Bonchev–Trinajstić information content (AvgIpc) is 2.53. The minimum absolute atomic E-state index is 0.278. The Morgan fingerprint density at radius 2 is 1.36 bits per heavy atom. The number of esters is 1. The van der Waals surface area contributed by atoms with E-state index < -0.39 is 0 Å². The van der Waals surface area contributed by atoms with Crippen LogP contribution in [0.3, 0.4) is 0 Å². The van der Waals surface area contributed by atoms with Crippen molar-refractivity contribution in [3.8, 4) is 0 Å². The van der Waals surface area contributed by atoms with Crippen LogP contribution in [0.5, 0.6) is 0 Å². The van der Waals surface area contributed by atoms with Crippen molar-refractivity contribution in [1.82, 2.24) is 0 Å². The van der Waals surface area contributed by atoms with Crippen LogP contribution in [0.25, 0.3) is 0 Å². The van der Waals surface area contributed by atoms with E-state index >= 15 is 0 Å². The average molecular weight is 310 g/mol. The molecule has 0 radical (unpaired) electrons. The maximum atomic E-state index is 11.6. The van der Waals surface area contributed by atoms with Crippen LogP contribution in [-0.2, 0) is 14.3 Å². The summed E-state index contributed by atoms with van der Waals surface area (Å²) in [6.07, 6.45) is 17.6. The number of allylic oxidation sites excluding steroid dienone is 1. The predicted octanol–water partition coefficient (Wildman–Crippen LogP) is 5.38. The third-order valence-corrected chi connectivity index (χ3v) is 3.84. The van der Waals surface area contributed by atoms with Gasteiger partial charge in [-0.15, -0.1) is 0 Å². The van der Waals surface area contributed by atoms with Crippen molar-refractivity contribution >= 4 is 11.8 Å². The van der Waals surface area contributed by atoms with E-state index in [-0.39, 0.29) is 5.97 Å². The van der Waals surface area contributed by atoms with Crippen molar-refractivity contribution in [2.75, 3.05) is 7.11 Å². The van der Waals surface area contributed by atoms with Crippen LogP contribution in [0, 0.1) is 0 Å². The fraction of sp³-hybridized carbons (Fsp3) is 0.789. The summed E-state index contributed by atoms with van der Waals surface area (Å²) in [6, 6.07) is 0. The van der Waals surface area contributed by atoms with E-state index in [1.165, 1.54) is 58.1 Å². The predicted molar refractivity (Wildman–Crippen MR) is 91.9 cm³/mol. The van der Waals surface area contributed by atoms with Gasteiger partial charge in [0.1, 0.15) is 5.78 Å². The lowest BCUT2D eigenvalue weighted by molar-refractivity contribution is -0.134. The Hall–Kier alpha value is -1.12. The van der Waals surface area contributed by atoms with Crippen molar-refractivity contribution in [3.05, 3.63) is 12.2 Å². The molecule has 0 aliphatic carbocycles. The smallest absolute Gasteiger partial charge is 0.330 e. The minimum Gasteiger partial charge on any atom is -0.466 e. The summed E-state index contributed by atoms with van der Waals surface area (Å²) in [5.74, 6) is 0.170. The second kappa shape index (κ2) is 16.3. The van der Waals surface area contributed by atoms with Crippen molar-refractivity contribution in [3.63, 3.8) is 0 Å². The number of rotatable bonds is 15. The van der Waals surface area contributed by atoms with Crippen LogP contribution >= 0.6 is 0 Å². The molecule has 0 heterocycles. The molecular formula is C19H34O3. The summed E-state index contributed by atoms with van der Waals surface area (Å²) in [6.45, 7) is 2.19. The molecule has 0 N–H and O–H groups in total. The lowest BCUT2D eigenvalue weighted by Crippen LogP contribution is -1.97. The standard InChI is InChI=1S/C19H34O3/c1-3-4-5-12-15-18(20)16-13-10-8-6-7-9-11-14-17-19(21)22-2/h14,17H,3-13,15-16H2,1-2H3. The van der Waals surface area contributed by atoms with Gasteiger partial charge in [-0.3, -0.25) is 4.79 Å².